The molecule has 0 saturated carbocycles. The largest absolute Gasteiger partial charge is 0.480 e. The fourth-order valence-corrected chi connectivity index (χ4v) is 2.32. The molecule has 0 atom stereocenters. The number of carboxylic acids is 1. The molecule has 2 aromatic heterocycles. The van der Waals surface area contributed by atoms with E-state index in [1.54, 1.807) is 20.8 Å². The number of hydrogen-bond donors (Lipinski definition) is 3. The Hall–Kier alpha value is -3.44. The fourth-order valence-electron chi connectivity index (χ4n) is 2.32. The number of carbonyl (C=O) groups is 3. The number of nitrogens with zero attached hydrogens (tertiary/aromatic N) is 5. The number of anilines is 1. The molecule has 0 aliphatic heterocycles. The second-order valence-electron chi connectivity index (χ2n) is 6.94. The Kier molecular flexibility index (Phi) is 6.33. The number of carboxylic acid groups (broad SMARTS) is 1. The van der Waals surface area contributed by atoms with E-state index in [0.717, 1.165) is 4.90 Å². The number of aromatic nitrogens is 4. The van der Waals surface area contributed by atoms with Crippen LogP contribution in [0.4, 0.5) is 10.6 Å². The van der Waals surface area contributed by atoms with Crippen LogP contribution in [0, 0.1) is 0 Å². The van der Waals surface area contributed by atoms with Crippen LogP contribution in [0.15, 0.2) is 12.7 Å². The molecule has 0 aliphatic carbocycles. The normalized spacial score (nSPS) is 11.2. The van der Waals surface area contributed by atoms with Gasteiger partial charge in [-0.05, 0) is 20.8 Å². The zero-order valence-corrected chi connectivity index (χ0v) is 15.9. The second kappa shape index (κ2) is 8.50. The van der Waals surface area contributed by atoms with Crippen molar-refractivity contribution in [3.8, 4) is 0 Å². The molecule has 0 fully saturated rings. The van der Waals surface area contributed by atoms with Gasteiger partial charge in [0.2, 0.25) is 5.91 Å². The van der Waals surface area contributed by atoms with Crippen LogP contribution < -0.4 is 11.1 Å². The maximum atomic E-state index is 12.6. The monoisotopic (exact) mass is 393 g/mol. The number of nitrogens with one attached hydrogen (secondary N) is 1. The van der Waals surface area contributed by atoms with Crippen LogP contribution in [0.1, 0.15) is 20.8 Å². The highest BCUT2D eigenvalue weighted by atomic mass is 16.6. The van der Waals surface area contributed by atoms with Crippen LogP contribution >= 0.6 is 0 Å². The third kappa shape index (κ3) is 5.79. The van der Waals surface area contributed by atoms with Gasteiger partial charge in [-0.15, -0.1) is 0 Å². The summed E-state index contributed by atoms with van der Waals surface area (Å²) in [7, 11) is 0. The van der Waals surface area contributed by atoms with Crippen molar-refractivity contribution < 1.29 is 24.2 Å². The molecule has 12 nitrogen and oxygen atoms in total. The van der Waals surface area contributed by atoms with E-state index in [1.807, 2.05) is 0 Å². The Morgan fingerprint density at radius 2 is 2.00 bits per heavy atom. The lowest BCUT2D eigenvalue weighted by molar-refractivity contribution is -0.144. The van der Waals surface area contributed by atoms with E-state index in [1.165, 1.54) is 17.2 Å². The molecule has 0 bridgehead atoms. The van der Waals surface area contributed by atoms with Gasteiger partial charge in [0.15, 0.2) is 11.5 Å². The summed E-state index contributed by atoms with van der Waals surface area (Å²) in [6.07, 6.45) is 1.98. The average Bonchev–Trinajstić information content (AvgIpc) is 2.96. The molecular weight excluding hydrogens is 370 g/mol. The van der Waals surface area contributed by atoms with E-state index in [2.05, 4.69) is 20.3 Å². The van der Waals surface area contributed by atoms with Crippen LogP contribution in [0.3, 0.4) is 0 Å². The summed E-state index contributed by atoms with van der Waals surface area (Å²) < 4.78 is 6.55. The highest BCUT2D eigenvalue weighted by molar-refractivity contribution is 5.85. The molecular formula is C16H23N7O5. The van der Waals surface area contributed by atoms with Gasteiger partial charge in [0.1, 0.15) is 30.5 Å². The van der Waals surface area contributed by atoms with Crippen molar-refractivity contribution in [2.75, 3.05) is 25.4 Å². The average molecular weight is 393 g/mol. The zero-order chi connectivity index (χ0) is 20.9. The van der Waals surface area contributed by atoms with Gasteiger partial charge in [0.05, 0.1) is 6.33 Å². The summed E-state index contributed by atoms with van der Waals surface area (Å²) in [6, 6.07) is 0. The van der Waals surface area contributed by atoms with E-state index in [9.17, 15) is 14.4 Å². The van der Waals surface area contributed by atoms with Crippen molar-refractivity contribution >= 4 is 35.0 Å². The molecule has 2 heterocycles. The minimum Gasteiger partial charge on any atom is -0.480 e. The summed E-state index contributed by atoms with van der Waals surface area (Å²) in [6.45, 7) is 4.49. The Labute approximate surface area is 160 Å². The summed E-state index contributed by atoms with van der Waals surface area (Å²) in [5.74, 6) is -1.47. The fraction of sp³-hybridized carbons (Fsp3) is 0.500. The Morgan fingerprint density at radius 3 is 2.64 bits per heavy atom. The number of ether oxygens (including phenoxy) is 1. The molecule has 12 heteroatoms. The van der Waals surface area contributed by atoms with Gasteiger partial charge >= 0.3 is 12.1 Å². The molecule has 2 rings (SSSR count). The van der Waals surface area contributed by atoms with Gasteiger partial charge in [0, 0.05) is 13.1 Å². The van der Waals surface area contributed by atoms with Gasteiger partial charge < -0.3 is 30.4 Å². The Balaban J connectivity index is 2.01. The standard InChI is InChI=1S/C16H23N7O5/c1-16(2,3)28-15(27)18-4-5-22(7-11(25)26)10(24)6-23-9-21-12-13(17)19-8-20-14(12)23/h8-9H,4-7H2,1-3H3,(H,18,27)(H,25,26)(H2,17,19,20). The molecule has 0 unspecified atom stereocenters. The van der Waals surface area contributed by atoms with E-state index in [-0.39, 0.29) is 25.5 Å². The molecule has 0 radical (unpaired) electrons. The highest BCUT2D eigenvalue weighted by Gasteiger charge is 2.20. The predicted octanol–water partition coefficient (Wildman–Crippen LogP) is -0.154. The van der Waals surface area contributed by atoms with E-state index >= 15 is 0 Å². The van der Waals surface area contributed by atoms with Gasteiger partial charge in [-0.2, -0.15) is 0 Å². The number of nitrogen functional groups attached to an aromatic ring is 1. The van der Waals surface area contributed by atoms with E-state index < -0.39 is 30.1 Å². The lowest BCUT2D eigenvalue weighted by Gasteiger charge is -2.23. The summed E-state index contributed by atoms with van der Waals surface area (Å²) in [5.41, 5.74) is 5.77. The van der Waals surface area contributed by atoms with Crippen molar-refractivity contribution in [2.45, 2.75) is 32.9 Å². The quantitative estimate of drug-likeness (QED) is 0.579. The molecule has 0 saturated heterocycles. The molecule has 28 heavy (non-hydrogen) atoms. The predicted molar refractivity (Wildman–Crippen MR) is 98.2 cm³/mol. The minimum absolute atomic E-state index is 0.00582. The molecule has 152 valence electrons. The van der Waals surface area contributed by atoms with Crippen molar-refractivity contribution in [2.24, 2.45) is 0 Å². The first-order valence-electron chi connectivity index (χ1n) is 8.44. The zero-order valence-electron chi connectivity index (χ0n) is 15.9. The van der Waals surface area contributed by atoms with Gasteiger partial charge in [-0.3, -0.25) is 9.59 Å². The number of imidazole rings is 1. The summed E-state index contributed by atoms with van der Waals surface area (Å²) in [5, 5.41) is 11.6. The van der Waals surface area contributed by atoms with Crippen molar-refractivity contribution in [3.63, 3.8) is 0 Å². The molecule has 2 aromatic rings. The van der Waals surface area contributed by atoms with Crippen molar-refractivity contribution in [1.29, 1.82) is 0 Å². The topological polar surface area (TPSA) is 166 Å². The lowest BCUT2D eigenvalue weighted by atomic mass is 10.2. The number of rotatable bonds is 7. The highest BCUT2D eigenvalue weighted by Crippen LogP contribution is 2.14. The van der Waals surface area contributed by atoms with Gasteiger partial charge in [-0.25, -0.2) is 19.7 Å². The lowest BCUT2D eigenvalue weighted by Crippen LogP contribution is -2.43. The maximum absolute atomic E-state index is 12.6. The number of amides is 2. The van der Waals surface area contributed by atoms with Crippen LogP contribution in [-0.4, -0.2) is 72.7 Å². The molecule has 0 spiro atoms. The minimum atomic E-state index is -1.17. The third-order valence-electron chi connectivity index (χ3n) is 3.46. The van der Waals surface area contributed by atoms with Crippen LogP contribution in [-0.2, 0) is 20.9 Å². The SMILES string of the molecule is CC(C)(C)OC(=O)NCCN(CC(=O)O)C(=O)Cn1cnc2c(N)ncnc21. The smallest absolute Gasteiger partial charge is 0.407 e. The number of fused-ring (bicyclic) bond motifs is 1. The Morgan fingerprint density at radius 1 is 1.29 bits per heavy atom. The van der Waals surface area contributed by atoms with E-state index in [0.29, 0.717) is 11.2 Å². The first-order chi connectivity index (χ1) is 13.1. The number of nitrogens with two attached hydrogens (primary N) is 1. The van der Waals surface area contributed by atoms with Crippen molar-refractivity contribution in [1.82, 2.24) is 29.7 Å². The van der Waals surface area contributed by atoms with Gasteiger partial charge in [0.25, 0.3) is 0 Å². The number of aliphatic carboxylic acids is 1. The maximum Gasteiger partial charge on any atom is 0.407 e. The third-order valence-corrected chi connectivity index (χ3v) is 3.46. The van der Waals surface area contributed by atoms with Gasteiger partial charge in [-0.1, -0.05) is 0 Å². The van der Waals surface area contributed by atoms with Crippen LogP contribution in [0.2, 0.25) is 0 Å². The molecule has 4 N–H and O–H groups in total. The van der Waals surface area contributed by atoms with E-state index in [4.69, 9.17) is 15.6 Å². The molecule has 0 aromatic carbocycles. The van der Waals surface area contributed by atoms with Crippen LogP contribution in [0.25, 0.3) is 11.2 Å². The summed E-state index contributed by atoms with van der Waals surface area (Å²) in [4.78, 5) is 48.4. The Bertz CT molecular complexity index is 874. The number of carbonyl (C=O) groups excluding carboxylic acids is 2. The first kappa shape index (κ1) is 20.9. The molecule has 0 aliphatic rings. The molecule has 2 amide bonds. The number of alkyl carbamates (subject to hydrolysis) is 1. The number of hydrogen-bond acceptors (Lipinski definition) is 8. The van der Waals surface area contributed by atoms with Crippen LogP contribution in [0.5, 0.6) is 0 Å². The van der Waals surface area contributed by atoms with Crippen molar-refractivity contribution in [3.05, 3.63) is 12.7 Å². The second-order valence-corrected chi connectivity index (χ2v) is 6.94. The summed E-state index contributed by atoms with van der Waals surface area (Å²) >= 11 is 0. The first-order valence-corrected chi connectivity index (χ1v) is 8.44.